The summed E-state index contributed by atoms with van der Waals surface area (Å²) < 4.78 is 4.69. The Morgan fingerprint density at radius 1 is 1.56 bits per heavy atom. The summed E-state index contributed by atoms with van der Waals surface area (Å²) in [5.41, 5.74) is 5.44. The fraction of sp³-hybridized carbons (Fsp3) is 0.300. The van der Waals surface area contributed by atoms with Crippen LogP contribution in [0.25, 0.3) is 0 Å². The summed E-state index contributed by atoms with van der Waals surface area (Å²) in [6, 6.07) is 1.55. The van der Waals surface area contributed by atoms with Gasteiger partial charge in [0, 0.05) is 20.3 Å². The van der Waals surface area contributed by atoms with Crippen molar-refractivity contribution in [2.75, 3.05) is 25.5 Å². The lowest BCUT2D eigenvalue weighted by molar-refractivity contribution is -0.118. The lowest BCUT2D eigenvalue weighted by atomic mass is 10.3. The normalized spacial score (nSPS) is 9.72. The Labute approximate surface area is 103 Å². The summed E-state index contributed by atoms with van der Waals surface area (Å²) in [6.45, 7) is -0.341. The van der Waals surface area contributed by atoms with Gasteiger partial charge in [0.15, 0.2) is 0 Å². The number of ether oxygens (including phenoxy) is 1. The molecule has 8 nitrogen and oxygen atoms in total. The summed E-state index contributed by atoms with van der Waals surface area (Å²) in [6.07, 6.45) is 0.312. The van der Waals surface area contributed by atoms with Crippen molar-refractivity contribution in [3.05, 3.63) is 12.3 Å². The second-order valence-electron chi connectivity index (χ2n) is 3.52. The standard InChI is InChI=1S/C10H14N4O4/c1-14(2)6-3-4-12-9(8(6)16)18-10(17)13-7(15)5-11/h3-4,16H,5,11H2,1-2H3,(H,13,15,17). The molecule has 1 aromatic heterocycles. The van der Waals surface area contributed by atoms with Gasteiger partial charge in [-0.15, -0.1) is 0 Å². The fourth-order valence-corrected chi connectivity index (χ4v) is 1.14. The number of aromatic nitrogens is 1. The minimum absolute atomic E-state index is 0.288. The predicted octanol–water partition coefficient (Wildman–Crippen LogP) is -0.573. The molecule has 0 radical (unpaired) electrons. The molecule has 0 aromatic carbocycles. The first-order chi connectivity index (χ1) is 8.45. The quantitative estimate of drug-likeness (QED) is 0.660. The van der Waals surface area contributed by atoms with E-state index in [1.54, 1.807) is 25.1 Å². The van der Waals surface area contributed by atoms with Crippen molar-refractivity contribution in [1.82, 2.24) is 10.3 Å². The highest BCUT2D eigenvalue weighted by molar-refractivity contribution is 5.93. The van der Waals surface area contributed by atoms with Crippen LogP contribution >= 0.6 is 0 Å². The maximum absolute atomic E-state index is 11.2. The molecule has 0 unspecified atom stereocenters. The van der Waals surface area contributed by atoms with Crippen molar-refractivity contribution in [3.8, 4) is 11.6 Å². The number of anilines is 1. The van der Waals surface area contributed by atoms with Gasteiger partial charge in [0.1, 0.15) is 0 Å². The van der Waals surface area contributed by atoms with Crippen molar-refractivity contribution in [1.29, 1.82) is 0 Å². The molecule has 0 aliphatic carbocycles. The van der Waals surface area contributed by atoms with E-state index in [9.17, 15) is 14.7 Å². The van der Waals surface area contributed by atoms with Gasteiger partial charge in [-0.05, 0) is 6.07 Å². The molecule has 2 amide bonds. The Morgan fingerprint density at radius 2 is 2.22 bits per heavy atom. The first-order valence-electron chi connectivity index (χ1n) is 5.02. The summed E-state index contributed by atoms with van der Waals surface area (Å²) in [5.74, 6) is -1.27. The van der Waals surface area contributed by atoms with Crippen LogP contribution in [0.15, 0.2) is 12.3 Å². The van der Waals surface area contributed by atoms with E-state index in [-0.39, 0.29) is 18.2 Å². The number of nitrogens with zero attached hydrogens (tertiary/aromatic N) is 2. The number of carbonyl (C=O) groups is 2. The van der Waals surface area contributed by atoms with Gasteiger partial charge in [0.05, 0.1) is 12.2 Å². The Kier molecular flexibility index (Phi) is 4.44. The Hall–Kier alpha value is -2.35. The summed E-state index contributed by atoms with van der Waals surface area (Å²) in [7, 11) is 3.41. The van der Waals surface area contributed by atoms with E-state index in [0.717, 1.165) is 0 Å². The van der Waals surface area contributed by atoms with Crippen LogP contribution in [0.2, 0.25) is 0 Å². The van der Waals surface area contributed by atoms with Gasteiger partial charge >= 0.3 is 6.09 Å². The zero-order chi connectivity index (χ0) is 13.7. The van der Waals surface area contributed by atoms with Gasteiger partial charge in [-0.25, -0.2) is 9.78 Å². The second-order valence-corrected chi connectivity index (χ2v) is 3.52. The first kappa shape index (κ1) is 13.7. The van der Waals surface area contributed by atoms with Crippen molar-refractivity contribution < 1.29 is 19.4 Å². The summed E-state index contributed by atoms with van der Waals surface area (Å²) in [5, 5.41) is 11.6. The molecule has 0 atom stereocenters. The van der Waals surface area contributed by atoms with Crippen molar-refractivity contribution in [2.24, 2.45) is 5.73 Å². The van der Waals surface area contributed by atoms with Gasteiger partial charge in [-0.1, -0.05) is 0 Å². The molecule has 8 heteroatoms. The van der Waals surface area contributed by atoms with Crippen molar-refractivity contribution in [3.63, 3.8) is 0 Å². The van der Waals surface area contributed by atoms with E-state index in [0.29, 0.717) is 5.69 Å². The number of imide groups is 1. The van der Waals surface area contributed by atoms with Gasteiger partial charge in [0.25, 0.3) is 5.88 Å². The van der Waals surface area contributed by atoms with Crippen molar-refractivity contribution in [2.45, 2.75) is 0 Å². The Bertz CT molecular complexity index is 461. The van der Waals surface area contributed by atoms with Crippen LogP contribution in [0.4, 0.5) is 10.5 Å². The number of nitrogens with two attached hydrogens (primary N) is 1. The monoisotopic (exact) mass is 254 g/mol. The number of rotatable bonds is 3. The maximum Gasteiger partial charge on any atom is 0.420 e. The molecule has 4 N–H and O–H groups in total. The molecule has 18 heavy (non-hydrogen) atoms. The average Bonchev–Trinajstić information content (AvgIpc) is 2.31. The third kappa shape index (κ3) is 3.32. The maximum atomic E-state index is 11.2. The molecule has 0 aliphatic rings. The van der Waals surface area contributed by atoms with E-state index < -0.39 is 12.0 Å². The zero-order valence-corrected chi connectivity index (χ0v) is 10.0. The molecule has 0 saturated heterocycles. The van der Waals surface area contributed by atoms with E-state index in [4.69, 9.17) is 10.5 Å². The third-order valence-electron chi connectivity index (χ3n) is 1.97. The predicted molar refractivity (Wildman–Crippen MR) is 63.4 cm³/mol. The van der Waals surface area contributed by atoms with Crippen LogP contribution in [-0.2, 0) is 4.79 Å². The molecule has 1 aromatic rings. The van der Waals surface area contributed by atoms with E-state index in [2.05, 4.69) is 4.98 Å². The topological polar surface area (TPSA) is 118 Å². The smallest absolute Gasteiger partial charge is 0.420 e. The van der Waals surface area contributed by atoms with Crippen LogP contribution in [0.1, 0.15) is 0 Å². The van der Waals surface area contributed by atoms with Gasteiger partial charge in [-0.2, -0.15) is 0 Å². The lowest BCUT2D eigenvalue weighted by Gasteiger charge is -2.15. The molecule has 0 saturated carbocycles. The van der Waals surface area contributed by atoms with Crippen LogP contribution in [-0.4, -0.2) is 42.7 Å². The average molecular weight is 254 g/mol. The molecule has 98 valence electrons. The second kappa shape index (κ2) is 5.82. The summed E-state index contributed by atoms with van der Waals surface area (Å²) >= 11 is 0. The molecule has 0 spiro atoms. The fourth-order valence-electron chi connectivity index (χ4n) is 1.14. The van der Waals surface area contributed by atoms with Gasteiger partial charge in [0.2, 0.25) is 11.7 Å². The van der Waals surface area contributed by atoms with Crippen molar-refractivity contribution >= 4 is 17.7 Å². The molecule has 0 aliphatic heterocycles. The number of pyridine rings is 1. The van der Waals surface area contributed by atoms with Crippen LogP contribution in [0.5, 0.6) is 11.6 Å². The highest BCUT2D eigenvalue weighted by atomic mass is 16.6. The van der Waals surface area contributed by atoms with E-state index in [1.807, 2.05) is 5.32 Å². The highest BCUT2D eigenvalue weighted by Crippen LogP contribution is 2.33. The van der Waals surface area contributed by atoms with Crippen LogP contribution in [0.3, 0.4) is 0 Å². The minimum atomic E-state index is -1.05. The molecule has 0 bridgehead atoms. The SMILES string of the molecule is CN(C)c1ccnc(OC(=O)NC(=O)CN)c1O. The first-order valence-corrected chi connectivity index (χ1v) is 5.02. The molecule has 1 rings (SSSR count). The Morgan fingerprint density at radius 3 is 2.78 bits per heavy atom. The van der Waals surface area contributed by atoms with Gasteiger partial charge < -0.3 is 20.5 Å². The van der Waals surface area contributed by atoms with Gasteiger partial charge in [-0.3, -0.25) is 10.1 Å². The molecule has 1 heterocycles. The highest BCUT2D eigenvalue weighted by Gasteiger charge is 2.16. The zero-order valence-electron chi connectivity index (χ0n) is 10.0. The number of amides is 2. The molecular weight excluding hydrogens is 240 g/mol. The van der Waals surface area contributed by atoms with Crippen LogP contribution in [0, 0.1) is 0 Å². The minimum Gasteiger partial charge on any atom is -0.502 e. The van der Waals surface area contributed by atoms with Crippen LogP contribution < -0.4 is 20.7 Å². The number of aromatic hydroxyl groups is 1. The number of hydrogen-bond acceptors (Lipinski definition) is 7. The lowest BCUT2D eigenvalue weighted by Crippen LogP contribution is -2.37. The molecule has 0 fully saturated rings. The summed E-state index contributed by atoms with van der Waals surface area (Å²) in [4.78, 5) is 27.4. The molecular formula is C10H14N4O4. The number of carbonyl (C=O) groups excluding carboxylic acids is 2. The third-order valence-corrected chi connectivity index (χ3v) is 1.97. The largest absolute Gasteiger partial charge is 0.502 e. The number of hydrogen-bond donors (Lipinski definition) is 3. The number of nitrogens with one attached hydrogen (secondary N) is 1. The Balaban J connectivity index is 2.82. The van der Waals surface area contributed by atoms with E-state index >= 15 is 0 Å². The van der Waals surface area contributed by atoms with E-state index in [1.165, 1.54) is 6.20 Å².